The van der Waals surface area contributed by atoms with Crippen LogP contribution in [0.25, 0.3) is 11.2 Å². The predicted octanol–water partition coefficient (Wildman–Crippen LogP) is 1.88. The van der Waals surface area contributed by atoms with Crippen LogP contribution in [0.2, 0.25) is 0 Å². The molecule has 3 aromatic heterocycles. The second-order valence-corrected chi connectivity index (χ2v) is 6.62. The molecule has 1 saturated carbocycles. The van der Waals surface area contributed by atoms with E-state index in [1.54, 1.807) is 11.0 Å². The number of nitrogens with zero attached hydrogens (tertiary/aromatic N) is 7. The number of anilines is 1. The highest BCUT2D eigenvalue weighted by Gasteiger charge is 2.57. The van der Waals surface area contributed by atoms with Crippen molar-refractivity contribution in [2.24, 2.45) is 12.5 Å². The van der Waals surface area contributed by atoms with Crippen molar-refractivity contribution in [3.8, 4) is 0 Å². The molecule has 7 heteroatoms. The van der Waals surface area contributed by atoms with Crippen molar-refractivity contribution in [3.63, 3.8) is 0 Å². The van der Waals surface area contributed by atoms with Crippen molar-refractivity contribution in [1.29, 1.82) is 0 Å². The highest BCUT2D eigenvalue weighted by Crippen LogP contribution is 2.61. The van der Waals surface area contributed by atoms with Crippen molar-refractivity contribution >= 4 is 17.0 Å². The molecule has 0 radical (unpaired) electrons. The van der Waals surface area contributed by atoms with E-state index >= 15 is 0 Å². The summed E-state index contributed by atoms with van der Waals surface area (Å²) in [6, 6.07) is 4.50. The lowest BCUT2D eigenvalue weighted by Crippen LogP contribution is -2.62. The third kappa shape index (κ3) is 1.67. The van der Waals surface area contributed by atoms with E-state index in [2.05, 4.69) is 36.2 Å². The molecular formula is C16H17N7. The molecule has 0 N–H and O–H groups in total. The Morgan fingerprint density at radius 2 is 2.17 bits per heavy atom. The molecule has 5 rings (SSSR count). The van der Waals surface area contributed by atoms with Crippen LogP contribution in [0.4, 0.5) is 5.82 Å². The number of rotatable bonds is 2. The Morgan fingerprint density at radius 1 is 1.26 bits per heavy atom. The topological polar surface area (TPSA) is 72.6 Å². The predicted molar refractivity (Wildman–Crippen MR) is 84.7 cm³/mol. The van der Waals surface area contributed by atoms with Gasteiger partial charge in [-0.2, -0.15) is 0 Å². The number of fused-ring (bicyclic) bond motifs is 1. The zero-order valence-electron chi connectivity index (χ0n) is 12.9. The lowest BCUT2D eigenvalue weighted by atomic mass is 9.56. The van der Waals surface area contributed by atoms with Crippen molar-refractivity contribution < 1.29 is 0 Å². The van der Waals surface area contributed by atoms with E-state index in [0.717, 1.165) is 23.5 Å². The first-order valence-corrected chi connectivity index (χ1v) is 7.95. The molecule has 1 aliphatic heterocycles. The quantitative estimate of drug-likeness (QED) is 0.720. The molecule has 23 heavy (non-hydrogen) atoms. The van der Waals surface area contributed by atoms with E-state index in [0.29, 0.717) is 11.5 Å². The first kappa shape index (κ1) is 12.9. The fraction of sp³-hybridized carbons (Fsp3) is 0.438. The molecule has 116 valence electrons. The molecule has 1 saturated heterocycles. The first-order valence-electron chi connectivity index (χ1n) is 7.95. The average molecular weight is 307 g/mol. The third-order valence-electron chi connectivity index (χ3n) is 5.37. The molecule has 1 spiro atoms. The van der Waals surface area contributed by atoms with Crippen LogP contribution in [0.3, 0.4) is 0 Å². The smallest absolute Gasteiger partial charge is 0.183 e. The number of aromatic nitrogens is 6. The summed E-state index contributed by atoms with van der Waals surface area (Å²) in [7, 11) is 1.86. The molecule has 2 aliphatic rings. The van der Waals surface area contributed by atoms with Crippen LogP contribution in [0.1, 0.15) is 30.9 Å². The summed E-state index contributed by atoms with van der Waals surface area (Å²) in [6.45, 7) is 1.02. The highest BCUT2D eigenvalue weighted by molar-refractivity contribution is 5.83. The van der Waals surface area contributed by atoms with Gasteiger partial charge in [0.1, 0.15) is 6.33 Å². The van der Waals surface area contributed by atoms with Crippen LogP contribution >= 0.6 is 0 Å². The maximum Gasteiger partial charge on any atom is 0.183 e. The van der Waals surface area contributed by atoms with Gasteiger partial charge in [0.15, 0.2) is 17.0 Å². The van der Waals surface area contributed by atoms with Gasteiger partial charge < -0.3 is 4.90 Å². The Kier molecular flexibility index (Phi) is 2.51. The Balaban J connectivity index is 1.62. The number of hydrogen-bond acceptors (Lipinski definition) is 6. The minimum Gasteiger partial charge on any atom is -0.346 e. The van der Waals surface area contributed by atoms with E-state index in [4.69, 9.17) is 0 Å². The molecule has 4 heterocycles. The number of aryl methyl sites for hydroxylation is 1. The van der Waals surface area contributed by atoms with E-state index in [9.17, 15) is 0 Å². The lowest BCUT2D eigenvalue weighted by molar-refractivity contribution is 0.0278. The summed E-state index contributed by atoms with van der Waals surface area (Å²) in [5, 5.41) is 8.36. The van der Waals surface area contributed by atoms with E-state index in [1.165, 1.54) is 24.8 Å². The summed E-state index contributed by atoms with van der Waals surface area (Å²) in [4.78, 5) is 15.5. The van der Waals surface area contributed by atoms with Gasteiger partial charge in [0.05, 0.1) is 6.04 Å². The van der Waals surface area contributed by atoms with Crippen molar-refractivity contribution in [1.82, 2.24) is 29.9 Å². The van der Waals surface area contributed by atoms with Crippen LogP contribution in [-0.2, 0) is 7.05 Å². The second kappa shape index (κ2) is 4.47. The highest BCUT2D eigenvalue weighted by atomic mass is 15.4. The second-order valence-electron chi connectivity index (χ2n) is 6.62. The molecule has 0 amide bonds. The molecule has 1 atom stereocenters. The monoisotopic (exact) mass is 307 g/mol. The third-order valence-corrected chi connectivity index (χ3v) is 5.37. The van der Waals surface area contributed by atoms with Gasteiger partial charge in [-0.1, -0.05) is 17.7 Å². The molecule has 0 aromatic carbocycles. The van der Waals surface area contributed by atoms with Gasteiger partial charge in [0, 0.05) is 31.4 Å². The number of hydrogen-bond donors (Lipinski definition) is 0. The summed E-state index contributed by atoms with van der Waals surface area (Å²) >= 11 is 0. The van der Waals surface area contributed by atoms with Crippen LogP contribution in [0.5, 0.6) is 0 Å². The van der Waals surface area contributed by atoms with Crippen molar-refractivity contribution in [2.45, 2.75) is 25.3 Å². The maximum atomic E-state index is 4.52. The zero-order chi connectivity index (χ0) is 15.4. The van der Waals surface area contributed by atoms with Gasteiger partial charge in [-0.15, -0.1) is 5.10 Å². The lowest BCUT2D eigenvalue weighted by Gasteiger charge is -2.62. The Hall–Kier alpha value is -2.57. The molecular weight excluding hydrogens is 290 g/mol. The van der Waals surface area contributed by atoms with Crippen LogP contribution in [0.15, 0.2) is 30.9 Å². The van der Waals surface area contributed by atoms with Crippen LogP contribution in [-0.4, -0.2) is 36.5 Å². The zero-order valence-corrected chi connectivity index (χ0v) is 12.9. The maximum absolute atomic E-state index is 4.52. The molecule has 7 nitrogen and oxygen atoms in total. The summed E-state index contributed by atoms with van der Waals surface area (Å²) in [5.41, 5.74) is 3.18. The number of pyridine rings is 1. The molecule has 0 bridgehead atoms. The van der Waals surface area contributed by atoms with Crippen LogP contribution in [0, 0.1) is 5.41 Å². The van der Waals surface area contributed by atoms with Gasteiger partial charge >= 0.3 is 0 Å². The fourth-order valence-electron chi connectivity index (χ4n) is 4.12. The Bertz CT molecular complexity index is 869. The largest absolute Gasteiger partial charge is 0.346 e. The van der Waals surface area contributed by atoms with Crippen molar-refractivity contribution in [3.05, 3.63) is 36.4 Å². The molecule has 2 fully saturated rings. The van der Waals surface area contributed by atoms with E-state index < -0.39 is 0 Å². The van der Waals surface area contributed by atoms with Gasteiger partial charge in [0.2, 0.25) is 0 Å². The minimum absolute atomic E-state index is 0.324. The van der Waals surface area contributed by atoms with Gasteiger partial charge in [-0.05, 0) is 24.5 Å². The minimum atomic E-state index is 0.324. The van der Waals surface area contributed by atoms with Crippen molar-refractivity contribution in [2.75, 3.05) is 11.4 Å². The standard InChI is InChI=1S/C16H17N7/c1-22-14-12(20-21-22)15(19-10-18-14)23-9-16(5-3-6-16)13(23)11-4-2-7-17-8-11/h2,4,7-8,10,13H,3,5-6,9H2,1H3. The first-order chi connectivity index (χ1) is 11.3. The summed E-state index contributed by atoms with van der Waals surface area (Å²) in [6.07, 6.45) is 9.27. The summed E-state index contributed by atoms with van der Waals surface area (Å²) < 4.78 is 1.69. The van der Waals surface area contributed by atoms with Gasteiger partial charge in [-0.25, -0.2) is 14.6 Å². The Labute approximate surface area is 133 Å². The SMILES string of the molecule is Cn1nnc2c(N3CC4(CCC4)C3c3cccnc3)ncnc21. The Morgan fingerprint density at radius 3 is 2.91 bits per heavy atom. The summed E-state index contributed by atoms with van der Waals surface area (Å²) in [5.74, 6) is 0.884. The molecule has 1 unspecified atom stereocenters. The van der Waals surface area contributed by atoms with Crippen LogP contribution < -0.4 is 4.90 Å². The van der Waals surface area contributed by atoms with E-state index in [-0.39, 0.29) is 0 Å². The van der Waals surface area contributed by atoms with Gasteiger partial charge in [-0.3, -0.25) is 4.98 Å². The van der Waals surface area contributed by atoms with Gasteiger partial charge in [0.25, 0.3) is 0 Å². The average Bonchev–Trinajstić information content (AvgIpc) is 2.89. The molecule has 1 aliphatic carbocycles. The van der Waals surface area contributed by atoms with E-state index in [1.807, 2.05) is 25.5 Å². The normalized spacial score (nSPS) is 22.1. The molecule has 3 aromatic rings. The fourth-order valence-corrected chi connectivity index (χ4v) is 4.12.